The van der Waals surface area contributed by atoms with Crippen molar-refractivity contribution < 1.29 is 14.2 Å². The minimum absolute atomic E-state index is 0.587. The van der Waals surface area contributed by atoms with Crippen LogP contribution in [0.1, 0.15) is 18.1 Å². The summed E-state index contributed by atoms with van der Waals surface area (Å²) in [6.45, 7) is 5.24. The van der Waals surface area contributed by atoms with Crippen LogP contribution in [0.5, 0.6) is 11.5 Å². The van der Waals surface area contributed by atoms with Crippen molar-refractivity contribution in [1.82, 2.24) is 0 Å². The first kappa shape index (κ1) is 11.9. The molecule has 1 rings (SSSR count). The number of hydrogen-bond donors (Lipinski definition) is 0. The lowest BCUT2D eigenvalue weighted by Gasteiger charge is -2.12. The van der Waals surface area contributed by atoms with Gasteiger partial charge in [0.15, 0.2) is 0 Å². The highest BCUT2D eigenvalue weighted by molar-refractivity contribution is 5.47. The van der Waals surface area contributed by atoms with Gasteiger partial charge in [-0.2, -0.15) is 0 Å². The highest BCUT2D eigenvalue weighted by Gasteiger charge is 2.07. The summed E-state index contributed by atoms with van der Waals surface area (Å²) in [5, 5.41) is 0. The minimum Gasteiger partial charge on any atom is -0.496 e. The van der Waals surface area contributed by atoms with E-state index in [1.165, 1.54) is 0 Å². The monoisotopic (exact) mass is 210 g/mol. The normalized spacial score (nSPS) is 10.1. The molecule has 15 heavy (non-hydrogen) atoms. The highest BCUT2D eigenvalue weighted by Crippen LogP contribution is 2.29. The smallest absolute Gasteiger partial charge is 0.125 e. The fourth-order valence-electron chi connectivity index (χ4n) is 1.44. The molecule has 3 nitrogen and oxygen atoms in total. The van der Waals surface area contributed by atoms with Crippen LogP contribution in [0, 0.1) is 6.92 Å². The minimum atomic E-state index is 0.587. The third kappa shape index (κ3) is 2.86. The lowest BCUT2D eigenvalue weighted by molar-refractivity contribution is 0.133. The zero-order chi connectivity index (χ0) is 11.3. The fraction of sp³-hybridized carbons (Fsp3) is 0.500. The van der Waals surface area contributed by atoms with Crippen LogP contribution >= 0.6 is 0 Å². The number of benzene rings is 1. The summed E-state index contributed by atoms with van der Waals surface area (Å²) >= 11 is 0. The summed E-state index contributed by atoms with van der Waals surface area (Å²) in [6, 6.07) is 3.96. The van der Waals surface area contributed by atoms with Gasteiger partial charge in [-0.25, -0.2) is 0 Å². The first-order chi connectivity index (χ1) is 7.22. The van der Waals surface area contributed by atoms with Crippen LogP contribution in [0.2, 0.25) is 0 Å². The van der Waals surface area contributed by atoms with Gasteiger partial charge in [-0.15, -0.1) is 0 Å². The van der Waals surface area contributed by atoms with Gasteiger partial charge in [0.05, 0.1) is 20.8 Å². The predicted octanol–water partition coefficient (Wildman–Crippen LogP) is 2.55. The van der Waals surface area contributed by atoms with Crippen LogP contribution in [0.25, 0.3) is 0 Å². The van der Waals surface area contributed by atoms with Crippen molar-refractivity contribution in [3.63, 3.8) is 0 Å². The van der Waals surface area contributed by atoms with Gasteiger partial charge in [-0.1, -0.05) is 0 Å². The number of methoxy groups -OCH3 is 2. The predicted molar refractivity (Wildman–Crippen MR) is 59.6 cm³/mol. The average molecular weight is 210 g/mol. The Morgan fingerprint density at radius 3 is 2.00 bits per heavy atom. The van der Waals surface area contributed by atoms with Crippen LogP contribution in [0.4, 0.5) is 0 Å². The van der Waals surface area contributed by atoms with Gasteiger partial charge in [0.25, 0.3) is 0 Å². The quantitative estimate of drug-likeness (QED) is 0.747. The topological polar surface area (TPSA) is 27.7 Å². The Morgan fingerprint density at radius 1 is 1.07 bits per heavy atom. The number of ether oxygens (including phenoxy) is 3. The van der Waals surface area contributed by atoms with Crippen molar-refractivity contribution in [3.8, 4) is 11.5 Å². The van der Waals surface area contributed by atoms with E-state index < -0.39 is 0 Å². The maximum absolute atomic E-state index is 5.35. The lowest BCUT2D eigenvalue weighted by atomic mass is 10.1. The molecule has 0 heterocycles. The standard InChI is InChI=1S/C12H18O3/c1-5-15-8-10-6-11(13-3)9(2)12(7-10)14-4/h6-7H,5,8H2,1-4H3. The van der Waals surface area contributed by atoms with E-state index in [-0.39, 0.29) is 0 Å². The van der Waals surface area contributed by atoms with E-state index in [0.717, 1.165) is 22.6 Å². The number of rotatable bonds is 5. The molecule has 0 aliphatic carbocycles. The van der Waals surface area contributed by atoms with Gasteiger partial charge in [0.1, 0.15) is 11.5 Å². The van der Waals surface area contributed by atoms with Gasteiger partial charge >= 0.3 is 0 Å². The molecular formula is C12H18O3. The molecule has 0 aliphatic rings. The molecule has 84 valence electrons. The fourth-order valence-corrected chi connectivity index (χ4v) is 1.44. The van der Waals surface area contributed by atoms with Gasteiger partial charge < -0.3 is 14.2 Å². The largest absolute Gasteiger partial charge is 0.496 e. The molecule has 3 heteroatoms. The summed E-state index contributed by atoms with van der Waals surface area (Å²) in [4.78, 5) is 0. The van der Waals surface area contributed by atoms with Crippen LogP contribution in [-0.2, 0) is 11.3 Å². The van der Waals surface area contributed by atoms with E-state index in [0.29, 0.717) is 13.2 Å². The highest BCUT2D eigenvalue weighted by atomic mass is 16.5. The van der Waals surface area contributed by atoms with Crippen molar-refractivity contribution in [3.05, 3.63) is 23.3 Å². The number of hydrogen-bond acceptors (Lipinski definition) is 3. The third-order valence-corrected chi connectivity index (χ3v) is 2.28. The lowest BCUT2D eigenvalue weighted by Crippen LogP contribution is -1.97. The molecule has 0 fully saturated rings. The van der Waals surface area contributed by atoms with Crippen molar-refractivity contribution in [2.75, 3.05) is 20.8 Å². The Bertz CT molecular complexity index is 296. The molecule has 0 aliphatic heterocycles. The SMILES string of the molecule is CCOCc1cc(OC)c(C)c(OC)c1. The van der Waals surface area contributed by atoms with Crippen LogP contribution in [0.3, 0.4) is 0 Å². The summed E-state index contributed by atoms with van der Waals surface area (Å²) < 4.78 is 15.9. The van der Waals surface area contributed by atoms with E-state index in [1.807, 2.05) is 26.0 Å². The first-order valence-electron chi connectivity index (χ1n) is 5.02. The average Bonchev–Trinajstić information content (AvgIpc) is 2.27. The second-order valence-electron chi connectivity index (χ2n) is 3.26. The Morgan fingerprint density at radius 2 is 1.60 bits per heavy atom. The summed E-state index contributed by atoms with van der Waals surface area (Å²) in [7, 11) is 3.32. The Hall–Kier alpha value is -1.22. The molecule has 0 unspecified atom stereocenters. The molecular weight excluding hydrogens is 192 g/mol. The van der Waals surface area contributed by atoms with Gasteiger partial charge in [-0.05, 0) is 31.5 Å². The molecule has 0 radical (unpaired) electrons. The maximum atomic E-state index is 5.35. The summed E-state index contributed by atoms with van der Waals surface area (Å²) in [6.07, 6.45) is 0. The Labute approximate surface area is 91.0 Å². The second-order valence-corrected chi connectivity index (χ2v) is 3.26. The molecule has 0 saturated carbocycles. The molecule has 0 N–H and O–H groups in total. The van der Waals surface area contributed by atoms with Crippen molar-refractivity contribution in [1.29, 1.82) is 0 Å². The van der Waals surface area contributed by atoms with E-state index in [2.05, 4.69) is 0 Å². The molecule has 0 saturated heterocycles. The molecule has 0 atom stereocenters. The molecule has 0 spiro atoms. The summed E-state index contributed by atoms with van der Waals surface area (Å²) in [5.74, 6) is 1.67. The summed E-state index contributed by atoms with van der Waals surface area (Å²) in [5.41, 5.74) is 2.08. The molecule has 0 bridgehead atoms. The zero-order valence-corrected chi connectivity index (χ0v) is 9.79. The van der Waals surface area contributed by atoms with Crippen LogP contribution in [0.15, 0.2) is 12.1 Å². The van der Waals surface area contributed by atoms with E-state index in [4.69, 9.17) is 14.2 Å². The Balaban J connectivity index is 2.98. The van der Waals surface area contributed by atoms with E-state index in [1.54, 1.807) is 14.2 Å². The van der Waals surface area contributed by atoms with E-state index in [9.17, 15) is 0 Å². The van der Waals surface area contributed by atoms with Crippen molar-refractivity contribution in [2.24, 2.45) is 0 Å². The first-order valence-corrected chi connectivity index (χ1v) is 5.02. The van der Waals surface area contributed by atoms with Gasteiger partial charge in [-0.3, -0.25) is 0 Å². The van der Waals surface area contributed by atoms with Gasteiger partial charge in [0.2, 0.25) is 0 Å². The molecule has 1 aromatic carbocycles. The second kappa shape index (κ2) is 5.61. The van der Waals surface area contributed by atoms with E-state index >= 15 is 0 Å². The molecule has 0 amide bonds. The Kier molecular flexibility index (Phi) is 4.43. The molecule has 0 aromatic heterocycles. The van der Waals surface area contributed by atoms with Crippen LogP contribution in [-0.4, -0.2) is 20.8 Å². The van der Waals surface area contributed by atoms with Gasteiger partial charge in [0, 0.05) is 12.2 Å². The third-order valence-electron chi connectivity index (χ3n) is 2.28. The molecule has 1 aromatic rings. The van der Waals surface area contributed by atoms with Crippen molar-refractivity contribution in [2.45, 2.75) is 20.5 Å². The maximum Gasteiger partial charge on any atom is 0.125 e. The van der Waals surface area contributed by atoms with Crippen molar-refractivity contribution >= 4 is 0 Å². The zero-order valence-electron chi connectivity index (χ0n) is 9.79. The van der Waals surface area contributed by atoms with Crippen LogP contribution < -0.4 is 9.47 Å².